The van der Waals surface area contributed by atoms with E-state index in [1.54, 1.807) is 23.2 Å². The summed E-state index contributed by atoms with van der Waals surface area (Å²) in [5.74, 6) is -0.461. The maximum absolute atomic E-state index is 11.6. The van der Waals surface area contributed by atoms with Gasteiger partial charge in [0.05, 0.1) is 14.2 Å². The van der Waals surface area contributed by atoms with Gasteiger partial charge in [0.2, 0.25) is 0 Å². The highest BCUT2D eigenvalue weighted by Crippen LogP contribution is 2.17. The van der Waals surface area contributed by atoms with Gasteiger partial charge in [-0.3, -0.25) is 4.79 Å². The molecular weight excluding hydrogens is 236 g/mol. The van der Waals surface area contributed by atoms with Gasteiger partial charge in [0.15, 0.2) is 0 Å². The zero-order valence-electron chi connectivity index (χ0n) is 10.7. The van der Waals surface area contributed by atoms with E-state index in [2.05, 4.69) is 14.5 Å². The summed E-state index contributed by atoms with van der Waals surface area (Å²) >= 11 is 0. The van der Waals surface area contributed by atoms with Gasteiger partial charge in [-0.1, -0.05) is 0 Å². The molecule has 6 nitrogen and oxygen atoms in total. The van der Waals surface area contributed by atoms with Gasteiger partial charge in [-0.2, -0.15) is 0 Å². The van der Waals surface area contributed by atoms with E-state index in [1.165, 1.54) is 14.2 Å². The van der Waals surface area contributed by atoms with Crippen LogP contribution in [0.1, 0.15) is 17.3 Å². The van der Waals surface area contributed by atoms with Crippen LogP contribution < -0.4 is 4.90 Å². The summed E-state index contributed by atoms with van der Waals surface area (Å²) in [5, 5.41) is 0. The van der Waals surface area contributed by atoms with Gasteiger partial charge in [0.25, 0.3) is 0 Å². The standard InChI is InChI=1S/C12H16N2O4/c1-4-14(8-10(15)17-2)11-9(12(16)18-3)6-5-7-13-11/h5-7H,4,8H2,1-3H3. The number of likely N-dealkylation sites (N-methyl/N-ethyl adjacent to an activating group) is 1. The van der Waals surface area contributed by atoms with Crippen LogP contribution in [0.15, 0.2) is 18.3 Å². The number of carbonyl (C=O) groups excluding carboxylic acids is 2. The Morgan fingerprint density at radius 2 is 2.06 bits per heavy atom. The molecule has 0 saturated heterocycles. The van der Waals surface area contributed by atoms with E-state index in [4.69, 9.17) is 0 Å². The number of hydrogen-bond donors (Lipinski definition) is 0. The molecule has 0 amide bonds. The third kappa shape index (κ3) is 3.19. The first kappa shape index (κ1) is 14.0. The fourth-order valence-electron chi connectivity index (χ4n) is 1.48. The molecule has 0 atom stereocenters. The SMILES string of the molecule is CCN(CC(=O)OC)c1ncccc1C(=O)OC. The number of esters is 2. The average molecular weight is 252 g/mol. The normalized spacial score (nSPS) is 9.72. The zero-order chi connectivity index (χ0) is 13.5. The predicted molar refractivity (Wildman–Crippen MR) is 65.5 cm³/mol. The number of ether oxygens (including phenoxy) is 2. The number of aromatic nitrogens is 1. The van der Waals surface area contributed by atoms with Gasteiger partial charge in [-0.25, -0.2) is 9.78 Å². The number of methoxy groups -OCH3 is 2. The average Bonchev–Trinajstić information content (AvgIpc) is 2.43. The van der Waals surface area contributed by atoms with E-state index in [-0.39, 0.29) is 6.54 Å². The minimum absolute atomic E-state index is 0.0357. The number of carbonyl (C=O) groups is 2. The summed E-state index contributed by atoms with van der Waals surface area (Å²) in [7, 11) is 2.62. The minimum atomic E-state index is -0.485. The molecule has 0 aliphatic heterocycles. The molecule has 1 aromatic heterocycles. The highest BCUT2D eigenvalue weighted by Gasteiger charge is 2.19. The first-order valence-electron chi connectivity index (χ1n) is 5.49. The van der Waals surface area contributed by atoms with Crippen LogP contribution in [-0.2, 0) is 14.3 Å². The number of pyridine rings is 1. The Labute approximate surface area is 106 Å². The summed E-state index contributed by atoms with van der Waals surface area (Å²) in [6, 6.07) is 3.25. The molecule has 0 N–H and O–H groups in total. The van der Waals surface area contributed by atoms with Crippen molar-refractivity contribution in [2.75, 3.05) is 32.2 Å². The second-order valence-corrected chi connectivity index (χ2v) is 3.46. The Hall–Kier alpha value is -2.11. The van der Waals surface area contributed by atoms with Crippen LogP contribution in [0, 0.1) is 0 Å². The topological polar surface area (TPSA) is 68.7 Å². The van der Waals surface area contributed by atoms with E-state index in [1.807, 2.05) is 6.92 Å². The van der Waals surface area contributed by atoms with E-state index >= 15 is 0 Å². The molecule has 0 aliphatic carbocycles. The van der Waals surface area contributed by atoms with E-state index in [9.17, 15) is 9.59 Å². The summed E-state index contributed by atoms with van der Waals surface area (Å²) in [4.78, 5) is 28.7. The highest BCUT2D eigenvalue weighted by molar-refractivity contribution is 5.95. The Morgan fingerprint density at radius 1 is 1.33 bits per heavy atom. The van der Waals surface area contributed by atoms with Crippen LogP contribution in [-0.4, -0.2) is 44.2 Å². The lowest BCUT2D eigenvalue weighted by atomic mass is 10.2. The molecule has 0 fully saturated rings. The lowest BCUT2D eigenvalue weighted by Gasteiger charge is -2.22. The molecule has 6 heteroatoms. The third-order valence-corrected chi connectivity index (χ3v) is 2.42. The summed E-state index contributed by atoms with van der Waals surface area (Å²) in [6.45, 7) is 2.42. The molecule has 0 spiro atoms. The number of hydrogen-bond acceptors (Lipinski definition) is 6. The van der Waals surface area contributed by atoms with Gasteiger partial charge < -0.3 is 14.4 Å². The van der Waals surface area contributed by atoms with Gasteiger partial charge in [-0.05, 0) is 19.1 Å². The first-order valence-corrected chi connectivity index (χ1v) is 5.49. The molecule has 18 heavy (non-hydrogen) atoms. The second-order valence-electron chi connectivity index (χ2n) is 3.46. The smallest absolute Gasteiger partial charge is 0.341 e. The molecule has 0 radical (unpaired) electrons. The maximum Gasteiger partial charge on any atom is 0.341 e. The van der Waals surface area contributed by atoms with Gasteiger partial charge in [-0.15, -0.1) is 0 Å². The van der Waals surface area contributed by atoms with Gasteiger partial charge in [0.1, 0.15) is 17.9 Å². The molecule has 0 bridgehead atoms. The molecule has 0 aliphatic rings. The Kier molecular flexibility index (Phi) is 5.10. The monoisotopic (exact) mass is 252 g/mol. The quantitative estimate of drug-likeness (QED) is 0.724. The molecule has 1 heterocycles. The lowest BCUT2D eigenvalue weighted by molar-refractivity contribution is -0.138. The first-order chi connectivity index (χ1) is 8.63. The zero-order valence-corrected chi connectivity index (χ0v) is 10.7. The van der Waals surface area contributed by atoms with E-state index in [0.717, 1.165) is 0 Å². The van der Waals surface area contributed by atoms with Crippen molar-refractivity contribution in [2.45, 2.75) is 6.92 Å². The van der Waals surface area contributed by atoms with Crippen molar-refractivity contribution < 1.29 is 19.1 Å². The van der Waals surface area contributed by atoms with Crippen LogP contribution in [0.2, 0.25) is 0 Å². The van der Waals surface area contributed by atoms with Crippen LogP contribution in [0.4, 0.5) is 5.82 Å². The molecule has 0 unspecified atom stereocenters. The van der Waals surface area contributed by atoms with Crippen molar-refractivity contribution in [1.82, 2.24) is 4.98 Å². The summed E-state index contributed by atoms with van der Waals surface area (Å²) < 4.78 is 9.29. The molecule has 0 aromatic carbocycles. The number of anilines is 1. The predicted octanol–water partition coefficient (Wildman–Crippen LogP) is 0.867. The van der Waals surface area contributed by atoms with Crippen molar-refractivity contribution in [3.8, 4) is 0 Å². The van der Waals surface area contributed by atoms with Crippen molar-refractivity contribution in [2.24, 2.45) is 0 Å². The number of nitrogens with zero attached hydrogens (tertiary/aromatic N) is 2. The van der Waals surface area contributed by atoms with Crippen molar-refractivity contribution >= 4 is 17.8 Å². The van der Waals surface area contributed by atoms with Crippen molar-refractivity contribution in [3.63, 3.8) is 0 Å². The third-order valence-electron chi connectivity index (χ3n) is 2.42. The molecule has 0 saturated carbocycles. The van der Waals surface area contributed by atoms with Crippen LogP contribution in [0.25, 0.3) is 0 Å². The fraction of sp³-hybridized carbons (Fsp3) is 0.417. The largest absolute Gasteiger partial charge is 0.468 e. The molecular formula is C12H16N2O4. The Bertz CT molecular complexity index is 434. The van der Waals surface area contributed by atoms with Gasteiger partial charge in [0, 0.05) is 12.7 Å². The van der Waals surface area contributed by atoms with Crippen molar-refractivity contribution in [3.05, 3.63) is 23.9 Å². The highest BCUT2D eigenvalue weighted by atomic mass is 16.5. The van der Waals surface area contributed by atoms with E-state index in [0.29, 0.717) is 17.9 Å². The van der Waals surface area contributed by atoms with E-state index < -0.39 is 11.9 Å². The Morgan fingerprint density at radius 3 is 2.61 bits per heavy atom. The van der Waals surface area contributed by atoms with Crippen LogP contribution >= 0.6 is 0 Å². The summed E-state index contributed by atoms with van der Waals surface area (Å²) in [5.41, 5.74) is 0.325. The minimum Gasteiger partial charge on any atom is -0.468 e. The second kappa shape index (κ2) is 6.58. The number of rotatable bonds is 5. The molecule has 1 aromatic rings. The summed E-state index contributed by atoms with van der Waals surface area (Å²) in [6.07, 6.45) is 1.56. The maximum atomic E-state index is 11.6. The van der Waals surface area contributed by atoms with Gasteiger partial charge >= 0.3 is 11.9 Å². The van der Waals surface area contributed by atoms with Crippen molar-refractivity contribution in [1.29, 1.82) is 0 Å². The molecule has 1 rings (SSSR count). The lowest BCUT2D eigenvalue weighted by Crippen LogP contribution is -2.32. The fourth-order valence-corrected chi connectivity index (χ4v) is 1.48. The van der Waals surface area contributed by atoms with Crippen LogP contribution in [0.3, 0.4) is 0 Å². The van der Waals surface area contributed by atoms with Crippen LogP contribution in [0.5, 0.6) is 0 Å². The molecule has 98 valence electrons. The Balaban J connectivity index is 3.05.